The van der Waals surface area contributed by atoms with Crippen molar-refractivity contribution in [2.75, 3.05) is 0 Å². The molecule has 2 rings (SSSR count). The molecule has 1 aromatic heterocycles. The number of ether oxygens (including phenoxy) is 1. The molecule has 1 N–H and O–H groups in total. The Morgan fingerprint density at radius 1 is 1.39 bits per heavy atom. The van der Waals surface area contributed by atoms with Crippen molar-refractivity contribution in [3.8, 4) is 5.75 Å². The summed E-state index contributed by atoms with van der Waals surface area (Å²) in [6.07, 6.45) is 0. The second kappa shape index (κ2) is 4.91. The fourth-order valence-electron chi connectivity index (χ4n) is 1.66. The Morgan fingerprint density at radius 2 is 2.17 bits per heavy atom. The molecule has 0 amide bonds. The lowest BCUT2D eigenvalue weighted by atomic mass is 10.2. The summed E-state index contributed by atoms with van der Waals surface area (Å²) in [4.78, 5) is 10.8. The fraction of sp³-hybridized carbons (Fsp3) is 0.231. The normalized spacial score (nSPS) is 10.3. The monoisotopic (exact) mass is 246 g/mol. The van der Waals surface area contributed by atoms with Crippen LogP contribution in [0.3, 0.4) is 0 Å². The van der Waals surface area contributed by atoms with Crippen LogP contribution in [0.1, 0.15) is 21.7 Å². The van der Waals surface area contributed by atoms with Crippen LogP contribution in [0.2, 0.25) is 0 Å². The first kappa shape index (κ1) is 12.2. The summed E-state index contributed by atoms with van der Waals surface area (Å²) in [5, 5.41) is 13.1. The molecule has 2 aromatic rings. The smallest absolute Gasteiger partial charge is 0.335 e. The van der Waals surface area contributed by atoms with E-state index in [1.54, 1.807) is 16.8 Å². The number of benzene rings is 1. The Balaban J connectivity index is 2.08. The van der Waals surface area contributed by atoms with Gasteiger partial charge in [0.15, 0.2) is 6.73 Å². The highest BCUT2D eigenvalue weighted by Gasteiger charge is 2.05. The Morgan fingerprint density at radius 3 is 2.78 bits per heavy atom. The summed E-state index contributed by atoms with van der Waals surface area (Å²) in [5.41, 5.74) is 2.14. The summed E-state index contributed by atoms with van der Waals surface area (Å²) < 4.78 is 7.24. The van der Waals surface area contributed by atoms with Crippen LogP contribution >= 0.6 is 0 Å². The number of hydrogen-bond acceptors (Lipinski definition) is 3. The molecular weight excluding hydrogens is 232 g/mol. The quantitative estimate of drug-likeness (QED) is 0.898. The van der Waals surface area contributed by atoms with Crippen LogP contribution in [0.25, 0.3) is 0 Å². The van der Waals surface area contributed by atoms with Crippen molar-refractivity contribution in [3.63, 3.8) is 0 Å². The first-order chi connectivity index (χ1) is 8.56. The van der Waals surface area contributed by atoms with Crippen LogP contribution < -0.4 is 4.74 Å². The number of rotatable bonds is 4. The predicted octanol–water partition coefficient (Wildman–Crippen LogP) is 2.23. The number of hydrogen-bond donors (Lipinski definition) is 1. The van der Waals surface area contributed by atoms with Gasteiger partial charge in [-0.15, -0.1) is 0 Å². The third-order valence-electron chi connectivity index (χ3n) is 2.54. The number of aromatic carboxylic acids is 1. The number of nitrogens with zero attached hydrogens (tertiary/aromatic N) is 2. The predicted molar refractivity (Wildman–Crippen MR) is 65.7 cm³/mol. The van der Waals surface area contributed by atoms with E-state index in [2.05, 4.69) is 5.10 Å². The largest absolute Gasteiger partial charge is 0.478 e. The zero-order valence-corrected chi connectivity index (χ0v) is 10.3. The van der Waals surface area contributed by atoms with E-state index in [1.807, 2.05) is 19.9 Å². The number of aryl methyl sites for hydroxylation is 2. The van der Waals surface area contributed by atoms with Gasteiger partial charge in [-0.2, -0.15) is 5.10 Å². The van der Waals surface area contributed by atoms with Crippen molar-refractivity contribution < 1.29 is 14.6 Å². The van der Waals surface area contributed by atoms with Crippen molar-refractivity contribution >= 4 is 5.97 Å². The lowest BCUT2D eigenvalue weighted by Gasteiger charge is -2.08. The molecule has 0 atom stereocenters. The number of carboxylic acid groups (broad SMARTS) is 1. The van der Waals surface area contributed by atoms with Gasteiger partial charge in [0.05, 0.1) is 11.3 Å². The molecule has 1 heterocycles. The highest BCUT2D eigenvalue weighted by molar-refractivity contribution is 5.87. The van der Waals surface area contributed by atoms with Gasteiger partial charge in [-0.3, -0.25) is 0 Å². The van der Waals surface area contributed by atoms with Gasteiger partial charge in [-0.05, 0) is 38.1 Å². The summed E-state index contributed by atoms with van der Waals surface area (Å²) in [6, 6.07) is 8.35. The van der Waals surface area contributed by atoms with Crippen LogP contribution in [0.4, 0.5) is 0 Å². The second-order valence-electron chi connectivity index (χ2n) is 4.03. The van der Waals surface area contributed by atoms with E-state index in [1.165, 1.54) is 12.1 Å². The van der Waals surface area contributed by atoms with Crippen molar-refractivity contribution in [1.82, 2.24) is 9.78 Å². The van der Waals surface area contributed by atoms with E-state index in [0.29, 0.717) is 5.75 Å². The van der Waals surface area contributed by atoms with Crippen LogP contribution in [0.15, 0.2) is 30.3 Å². The molecule has 1 aromatic carbocycles. The maximum absolute atomic E-state index is 10.8. The summed E-state index contributed by atoms with van der Waals surface area (Å²) >= 11 is 0. The molecule has 5 heteroatoms. The van der Waals surface area contributed by atoms with Gasteiger partial charge in [-0.1, -0.05) is 6.07 Å². The van der Waals surface area contributed by atoms with E-state index in [0.717, 1.165) is 11.4 Å². The summed E-state index contributed by atoms with van der Waals surface area (Å²) in [7, 11) is 0. The van der Waals surface area contributed by atoms with Crippen LogP contribution in [0, 0.1) is 13.8 Å². The molecular formula is C13H14N2O3. The highest BCUT2D eigenvalue weighted by Crippen LogP contribution is 2.14. The minimum Gasteiger partial charge on any atom is -0.478 e. The molecule has 0 aliphatic heterocycles. The first-order valence-corrected chi connectivity index (χ1v) is 5.53. The third kappa shape index (κ3) is 2.68. The zero-order chi connectivity index (χ0) is 13.1. The molecule has 0 bridgehead atoms. The number of aromatic nitrogens is 2. The van der Waals surface area contributed by atoms with E-state index in [-0.39, 0.29) is 12.3 Å². The third-order valence-corrected chi connectivity index (χ3v) is 2.54. The number of carboxylic acids is 1. The molecule has 94 valence electrons. The summed E-state index contributed by atoms with van der Waals surface area (Å²) in [6.45, 7) is 4.12. The van der Waals surface area contributed by atoms with Crippen molar-refractivity contribution in [3.05, 3.63) is 47.3 Å². The zero-order valence-electron chi connectivity index (χ0n) is 10.3. The maximum atomic E-state index is 10.8. The molecule has 0 saturated heterocycles. The van der Waals surface area contributed by atoms with Gasteiger partial charge in [0.2, 0.25) is 0 Å². The summed E-state index contributed by atoms with van der Waals surface area (Å²) in [5.74, 6) is -0.450. The molecule has 0 aliphatic carbocycles. The van der Waals surface area contributed by atoms with Gasteiger partial charge >= 0.3 is 5.97 Å². The highest BCUT2D eigenvalue weighted by atomic mass is 16.5. The fourth-order valence-corrected chi connectivity index (χ4v) is 1.66. The minimum atomic E-state index is -0.966. The SMILES string of the molecule is Cc1cc(C)n(COc2cccc(C(=O)O)c2)n1. The van der Waals surface area contributed by atoms with E-state index in [9.17, 15) is 4.79 Å². The Hall–Kier alpha value is -2.30. The van der Waals surface area contributed by atoms with Crippen molar-refractivity contribution in [1.29, 1.82) is 0 Å². The average Bonchev–Trinajstić information content (AvgIpc) is 2.65. The maximum Gasteiger partial charge on any atom is 0.335 e. The van der Waals surface area contributed by atoms with Gasteiger partial charge in [0.1, 0.15) is 5.75 Å². The van der Waals surface area contributed by atoms with E-state index in [4.69, 9.17) is 9.84 Å². The Bertz CT molecular complexity index is 575. The first-order valence-electron chi connectivity index (χ1n) is 5.53. The molecule has 0 unspecified atom stereocenters. The number of carbonyl (C=O) groups is 1. The average molecular weight is 246 g/mol. The van der Waals surface area contributed by atoms with Gasteiger partial charge in [0.25, 0.3) is 0 Å². The second-order valence-corrected chi connectivity index (χ2v) is 4.03. The molecule has 0 fully saturated rings. The van der Waals surface area contributed by atoms with E-state index >= 15 is 0 Å². The lowest BCUT2D eigenvalue weighted by Crippen LogP contribution is -2.09. The van der Waals surface area contributed by atoms with Crippen molar-refractivity contribution in [2.45, 2.75) is 20.6 Å². The van der Waals surface area contributed by atoms with Crippen LogP contribution in [0.5, 0.6) is 5.75 Å². The van der Waals surface area contributed by atoms with Crippen LogP contribution in [-0.2, 0) is 6.73 Å². The Kier molecular flexibility index (Phi) is 3.32. The minimum absolute atomic E-state index is 0.209. The molecule has 5 nitrogen and oxygen atoms in total. The molecule has 0 aliphatic rings. The molecule has 0 spiro atoms. The molecule has 0 saturated carbocycles. The standard InChI is InChI=1S/C13H14N2O3/c1-9-6-10(2)15(14-9)8-18-12-5-3-4-11(7-12)13(16)17/h3-7H,8H2,1-2H3,(H,16,17). The Labute approximate surface area is 105 Å². The van der Waals surface area contributed by atoms with E-state index < -0.39 is 5.97 Å². The van der Waals surface area contributed by atoms with Crippen molar-refractivity contribution in [2.24, 2.45) is 0 Å². The topological polar surface area (TPSA) is 64.3 Å². The molecule has 0 radical (unpaired) electrons. The van der Waals surface area contributed by atoms with Gasteiger partial charge < -0.3 is 9.84 Å². The van der Waals surface area contributed by atoms with Gasteiger partial charge in [0, 0.05) is 5.69 Å². The lowest BCUT2D eigenvalue weighted by molar-refractivity contribution is 0.0696. The van der Waals surface area contributed by atoms with Crippen LogP contribution in [-0.4, -0.2) is 20.9 Å². The molecule has 18 heavy (non-hydrogen) atoms. The van der Waals surface area contributed by atoms with Gasteiger partial charge in [-0.25, -0.2) is 9.48 Å².